The first kappa shape index (κ1) is 10.5. The lowest BCUT2D eigenvalue weighted by molar-refractivity contribution is 0.151. The third-order valence-corrected chi connectivity index (χ3v) is 1.67. The molecule has 1 aromatic heterocycles. The fraction of sp³-hybridized carbons (Fsp3) is 0.375. The van der Waals surface area contributed by atoms with Crippen molar-refractivity contribution < 1.29 is 18.3 Å². The minimum absolute atomic E-state index is 0.0475. The molecule has 0 unspecified atom stereocenters. The molecule has 1 rings (SSSR count). The number of aromatic nitrogens is 1. The molecule has 0 aliphatic heterocycles. The molecule has 4 nitrogen and oxygen atoms in total. The molecule has 0 spiro atoms. The third-order valence-electron chi connectivity index (χ3n) is 1.67. The summed E-state index contributed by atoms with van der Waals surface area (Å²) in [6.07, 6.45) is -2.68. The van der Waals surface area contributed by atoms with E-state index in [1.807, 2.05) is 0 Å². The fourth-order valence-electron chi connectivity index (χ4n) is 0.968. The van der Waals surface area contributed by atoms with Crippen LogP contribution in [0.3, 0.4) is 0 Å². The van der Waals surface area contributed by atoms with E-state index in [2.05, 4.69) is 4.98 Å². The van der Waals surface area contributed by atoms with E-state index in [1.165, 1.54) is 14.2 Å². The number of nitrogen functional groups attached to an aromatic ring is 1. The number of nitrogens with zero attached hydrogens (tertiary/aromatic N) is 1. The van der Waals surface area contributed by atoms with Crippen molar-refractivity contribution in [2.45, 2.75) is 6.43 Å². The van der Waals surface area contributed by atoms with Crippen molar-refractivity contribution in [2.24, 2.45) is 0 Å². The summed E-state index contributed by atoms with van der Waals surface area (Å²) in [6.45, 7) is 0. The highest BCUT2D eigenvalue weighted by molar-refractivity contribution is 5.57. The molecule has 1 heterocycles. The van der Waals surface area contributed by atoms with Crippen LogP contribution in [0.2, 0.25) is 0 Å². The van der Waals surface area contributed by atoms with Gasteiger partial charge in [-0.25, -0.2) is 8.78 Å². The number of hydrogen-bond acceptors (Lipinski definition) is 4. The van der Waals surface area contributed by atoms with Gasteiger partial charge in [-0.05, 0) is 0 Å². The Morgan fingerprint density at radius 1 is 1.36 bits per heavy atom. The summed E-state index contributed by atoms with van der Waals surface area (Å²) >= 11 is 0. The van der Waals surface area contributed by atoms with Gasteiger partial charge in [0.25, 0.3) is 6.43 Å². The van der Waals surface area contributed by atoms with Gasteiger partial charge in [-0.1, -0.05) is 0 Å². The number of nitrogens with two attached hydrogens (primary N) is 1. The van der Waals surface area contributed by atoms with E-state index >= 15 is 0 Å². The number of anilines is 1. The normalized spacial score (nSPS) is 10.4. The van der Waals surface area contributed by atoms with E-state index in [0.29, 0.717) is 0 Å². The van der Waals surface area contributed by atoms with Gasteiger partial charge in [-0.15, -0.1) is 0 Å². The highest BCUT2D eigenvalue weighted by Crippen LogP contribution is 2.33. The third kappa shape index (κ3) is 1.84. The quantitative estimate of drug-likeness (QED) is 0.812. The molecule has 0 atom stereocenters. The Labute approximate surface area is 79.6 Å². The van der Waals surface area contributed by atoms with Crippen LogP contribution in [0.4, 0.5) is 14.5 Å². The number of pyridine rings is 1. The monoisotopic (exact) mass is 204 g/mol. The lowest BCUT2D eigenvalue weighted by Crippen LogP contribution is -2.02. The second kappa shape index (κ2) is 4.08. The van der Waals surface area contributed by atoms with Gasteiger partial charge >= 0.3 is 0 Å². The van der Waals surface area contributed by atoms with Crippen LogP contribution < -0.4 is 15.2 Å². The number of alkyl halides is 2. The zero-order chi connectivity index (χ0) is 10.7. The van der Waals surface area contributed by atoms with E-state index in [0.717, 1.165) is 6.07 Å². The van der Waals surface area contributed by atoms with E-state index in [-0.39, 0.29) is 23.0 Å². The standard InChI is InChI=1S/C8H10F2N2O2/c1-13-5-3-4(7(9)10)6(11)8(12-5)14-2/h3,7H,11H2,1-2H3. The molecule has 0 saturated carbocycles. The second-order valence-corrected chi connectivity index (χ2v) is 2.48. The average Bonchev–Trinajstić information content (AvgIpc) is 2.17. The van der Waals surface area contributed by atoms with Gasteiger partial charge in [-0.3, -0.25) is 0 Å². The summed E-state index contributed by atoms with van der Waals surface area (Å²) in [5, 5.41) is 0. The molecule has 6 heteroatoms. The van der Waals surface area contributed by atoms with Gasteiger partial charge < -0.3 is 15.2 Å². The molecule has 0 aliphatic carbocycles. The predicted molar refractivity (Wildman–Crippen MR) is 46.7 cm³/mol. The molecule has 0 aliphatic rings. The number of methoxy groups -OCH3 is 2. The van der Waals surface area contributed by atoms with Crippen LogP contribution >= 0.6 is 0 Å². The second-order valence-electron chi connectivity index (χ2n) is 2.48. The Morgan fingerprint density at radius 3 is 2.43 bits per heavy atom. The van der Waals surface area contributed by atoms with Crippen molar-refractivity contribution in [3.05, 3.63) is 11.6 Å². The molecule has 0 aromatic carbocycles. The topological polar surface area (TPSA) is 57.4 Å². The van der Waals surface area contributed by atoms with Gasteiger partial charge in [0.2, 0.25) is 11.8 Å². The molecule has 78 valence electrons. The largest absolute Gasteiger partial charge is 0.481 e. The van der Waals surface area contributed by atoms with Crippen LogP contribution in [0.15, 0.2) is 6.07 Å². The predicted octanol–water partition coefficient (Wildman–Crippen LogP) is 1.62. The Morgan fingerprint density at radius 2 is 2.00 bits per heavy atom. The summed E-state index contributed by atoms with van der Waals surface area (Å²) < 4.78 is 34.3. The Hall–Kier alpha value is -1.59. The molecule has 0 saturated heterocycles. The van der Waals surface area contributed by atoms with E-state index < -0.39 is 6.43 Å². The average molecular weight is 204 g/mol. The fourth-order valence-corrected chi connectivity index (χ4v) is 0.968. The van der Waals surface area contributed by atoms with Gasteiger partial charge in [0.15, 0.2) is 0 Å². The van der Waals surface area contributed by atoms with Crippen molar-refractivity contribution in [3.63, 3.8) is 0 Å². The Kier molecular flexibility index (Phi) is 3.06. The minimum Gasteiger partial charge on any atom is -0.481 e. The summed E-state index contributed by atoms with van der Waals surface area (Å²) in [5.74, 6) is -0.00833. The number of halogens is 2. The van der Waals surface area contributed by atoms with Crippen molar-refractivity contribution >= 4 is 5.69 Å². The molecule has 0 fully saturated rings. The summed E-state index contributed by atoms with van der Waals surface area (Å²) in [6, 6.07) is 1.09. The van der Waals surface area contributed by atoms with E-state index in [1.54, 1.807) is 0 Å². The Bertz CT molecular complexity index is 331. The smallest absolute Gasteiger partial charge is 0.266 e. The highest BCUT2D eigenvalue weighted by atomic mass is 19.3. The lowest BCUT2D eigenvalue weighted by Gasteiger charge is -2.10. The maximum absolute atomic E-state index is 12.4. The summed E-state index contributed by atoms with van der Waals surface area (Å²) in [7, 11) is 2.63. The van der Waals surface area contributed by atoms with Gasteiger partial charge in [0.05, 0.1) is 19.8 Å². The van der Waals surface area contributed by atoms with Crippen LogP contribution in [-0.4, -0.2) is 19.2 Å². The molecule has 1 aromatic rings. The SMILES string of the molecule is COc1cc(C(F)F)c(N)c(OC)n1. The molecule has 2 N–H and O–H groups in total. The summed E-state index contributed by atoms with van der Waals surface area (Å²) in [5.41, 5.74) is 4.89. The zero-order valence-corrected chi connectivity index (χ0v) is 7.75. The van der Waals surface area contributed by atoms with Crippen LogP contribution in [-0.2, 0) is 0 Å². The molecular formula is C8H10F2N2O2. The molecule has 0 amide bonds. The van der Waals surface area contributed by atoms with Crippen LogP contribution in [0.25, 0.3) is 0 Å². The molecular weight excluding hydrogens is 194 g/mol. The Balaban J connectivity index is 3.27. The zero-order valence-electron chi connectivity index (χ0n) is 7.75. The first-order valence-corrected chi connectivity index (χ1v) is 3.76. The van der Waals surface area contributed by atoms with E-state index in [9.17, 15) is 8.78 Å². The molecule has 0 bridgehead atoms. The first-order chi connectivity index (χ1) is 6.60. The van der Waals surface area contributed by atoms with Crippen LogP contribution in [0.5, 0.6) is 11.8 Å². The number of hydrogen-bond donors (Lipinski definition) is 1. The maximum Gasteiger partial charge on any atom is 0.266 e. The van der Waals surface area contributed by atoms with Crippen molar-refractivity contribution in [2.75, 3.05) is 20.0 Å². The van der Waals surface area contributed by atoms with E-state index in [4.69, 9.17) is 15.2 Å². The number of rotatable bonds is 3. The first-order valence-electron chi connectivity index (χ1n) is 3.76. The van der Waals surface area contributed by atoms with Crippen molar-refractivity contribution in [1.29, 1.82) is 0 Å². The lowest BCUT2D eigenvalue weighted by atomic mass is 10.2. The van der Waals surface area contributed by atoms with Crippen molar-refractivity contribution in [1.82, 2.24) is 4.98 Å². The van der Waals surface area contributed by atoms with Crippen LogP contribution in [0, 0.1) is 0 Å². The molecule has 0 radical (unpaired) electrons. The van der Waals surface area contributed by atoms with Crippen LogP contribution in [0.1, 0.15) is 12.0 Å². The molecule has 14 heavy (non-hydrogen) atoms. The summed E-state index contributed by atoms with van der Waals surface area (Å²) in [4.78, 5) is 3.75. The van der Waals surface area contributed by atoms with Gasteiger partial charge in [-0.2, -0.15) is 4.98 Å². The highest BCUT2D eigenvalue weighted by Gasteiger charge is 2.17. The van der Waals surface area contributed by atoms with Crippen molar-refractivity contribution in [3.8, 4) is 11.8 Å². The van der Waals surface area contributed by atoms with Gasteiger partial charge in [0, 0.05) is 6.07 Å². The number of ether oxygens (including phenoxy) is 2. The minimum atomic E-state index is -2.68. The van der Waals surface area contributed by atoms with Gasteiger partial charge in [0.1, 0.15) is 5.69 Å². The maximum atomic E-state index is 12.4.